The van der Waals surface area contributed by atoms with E-state index in [2.05, 4.69) is 27.3 Å². The number of aromatic nitrogens is 4. The minimum Gasteiger partial charge on any atom is -0.377 e. The number of ether oxygens (including phenoxy) is 1. The van der Waals surface area contributed by atoms with Gasteiger partial charge in [0.25, 0.3) is 0 Å². The predicted octanol–water partition coefficient (Wildman–Crippen LogP) is 1.63. The fourth-order valence-corrected chi connectivity index (χ4v) is 2.45. The van der Waals surface area contributed by atoms with Crippen LogP contribution >= 0.6 is 0 Å². The minimum atomic E-state index is 0.434. The van der Waals surface area contributed by atoms with Gasteiger partial charge in [-0.05, 0) is 25.0 Å². The van der Waals surface area contributed by atoms with E-state index in [0.717, 1.165) is 12.2 Å². The largest absolute Gasteiger partial charge is 0.377 e. The molecule has 6 nitrogen and oxygen atoms in total. The van der Waals surface area contributed by atoms with Gasteiger partial charge in [-0.25, -0.2) is 9.97 Å². The number of rotatable bonds is 5. The SMILES string of the molecule is COCc1nccc(N[C@@H]2C[C@H]2c2cnn(C)c2C)n1. The summed E-state index contributed by atoms with van der Waals surface area (Å²) in [6.45, 7) is 2.55. The Balaban J connectivity index is 1.66. The van der Waals surface area contributed by atoms with Crippen LogP contribution in [0.1, 0.15) is 29.4 Å². The maximum Gasteiger partial charge on any atom is 0.156 e. The zero-order valence-electron chi connectivity index (χ0n) is 12.0. The molecule has 2 aromatic rings. The molecule has 1 aliphatic carbocycles. The molecule has 0 spiro atoms. The Bertz CT molecular complexity index is 609. The van der Waals surface area contributed by atoms with E-state index >= 15 is 0 Å². The van der Waals surface area contributed by atoms with Crippen LogP contribution in [0.15, 0.2) is 18.5 Å². The third-order valence-corrected chi connectivity index (χ3v) is 3.78. The fourth-order valence-electron chi connectivity index (χ4n) is 2.45. The summed E-state index contributed by atoms with van der Waals surface area (Å²) in [5.74, 6) is 2.10. The van der Waals surface area contributed by atoms with Gasteiger partial charge in [-0.1, -0.05) is 0 Å². The molecule has 2 aromatic heterocycles. The highest BCUT2D eigenvalue weighted by atomic mass is 16.5. The van der Waals surface area contributed by atoms with Crippen LogP contribution in [0.5, 0.6) is 0 Å². The summed E-state index contributed by atoms with van der Waals surface area (Å²) in [6, 6.07) is 2.33. The molecule has 1 fully saturated rings. The first-order valence-electron chi connectivity index (χ1n) is 6.75. The molecule has 0 aliphatic heterocycles. The quantitative estimate of drug-likeness (QED) is 0.897. The van der Waals surface area contributed by atoms with Crippen LogP contribution in [-0.2, 0) is 18.4 Å². The number of nitrogens with zero attached hydrogens (tertiary/aromatic N) is 4. The first-order chi connectivity index (χ1) is 9.69. The second kappa shape index (κ2) is 5.20. The molecule has 2 heterocycles. The third-order valence-electron chi connectivity index (χ3n) is 3.78. The van der Waals surface area contributed by atoms with Gasteiger partial charge in [0.2, 0.25) is 0 Å². The maximum absolute atomic E-state index is 5.05. The molecule has 3 rings (SSSR count). The molecule has 0 radical (unpaired) electrons. The van der Waals surface area contributed by atoms with Crippen molar-refractivity contribution >= 4 is 5.82 Å². The van der Waals surface area contributed by atoms with Crippen LogP contribution in [0.3, 0.4) is 0 Å². The molecular formula is C14H19N5O. The highest BCUT2D eigenvalue weighted by molar-refractivity contribution is 5.41. The van der Waals surface area contributed by atoms with Crippen LogP contribution < -0.4 is 5.32 Å². The van der Waals surface area contributed by atoms with Crippen molar-refractivity contribution in [3.63, 3.8) is 0 Å². The van der Waals surface area contributed by atoms with E-state index in [4.69, 9.17) is 4.74 Å². The molecule has 0 saturated heterocycles. The zero-order chi connectivity index (χ0) is 14.1. The molecule has 2 atom stereocenters. The van der Waals surface area contributed by atoms with Crippen LogP contribution in [0.4, 0.5) is 5.82 Å². The van der Waals surface area contributed by atoms with Crippen molar-refractivity contribution in [3.05, 3.63) is 35.5 Å². The maximum atomic E-state index is 5.05. The molecule has 6 heteroatoms. The summed E-state index contributed by atoms with van der Waals surface area (Å²) in [6.07, 6.45) is 4.85. The molecule has 106 valence electrons. The molecule has 0 bridgehead atoms. The molecule has 1 saturated carbocycles. The summed E-state index contributed by atoms with van der Waals surface area (Å²) in [5, 5.41) is 7.76. The average Bonchev–Trinajstić information content (AvgIpc) is 3.10. The Morgan fingerprint density at radius 1 is 1.50 bits per heavy atom. The van der Waals surface area contributed by atoms with Crippen molar-refractivity contribution in [2.75, 3.05) is 12.4 Å². The fraction of sp³-hybridized carbons (Fsp3) is 0.500. The van der Waals surface area contributed by atoms with Crippen LogP contribution in [0.2, 0.25) is 0 Å². The van der Waals surface area contributed by atoms with Gasteiger partial charge in [0.15, 0.2) is 5.82 Å². The summed E-state index contributed by atoms with van der Waals surface area (Å²) >= 11 is 0. The van der Waals surface area contributed by atoms with Gasteiger partial charge in [0.1, 0.15) is 12.4 Å². The third kappa shape index (κ3) is 2.51. The lowest BCUT2D eigenvalue weighted by molar-refractivity contribution is 0.178. The van der Waals surface area contributed by atoms with E-state index < -0.39 is 0 Å². The lowest BCUT2D eigenvalue weighted by atomic mass is 10.1. The number of nitrogens with one attached hydrogen (secondary N) is 1. The van der Waals surface area contributed by atoms with Gasteiger partial charge in [0.05, 0.1) is 6.20 Å². The predicted molar refractivity (Wildman–Crippen MR) is 75.5 cm³/mol. The Hall–Kier alpha value is -1.95. The topological polar surface area (TPSA) is 64.9 Å². The van der Waals surface area contributed by atoms with Gasteiger partial charge in [0, 0.05) is 38.0 Å². The lowest BCUT2D eigenvalue weighted by Crippen LogP contribution is -2.08. The molecule has 0 amide bonds. The number of methoxy groups -OCH3 is 1. The molecule has 20 heavy (non-hydrogen) atoms. The van der Waals surface area contributed by atoms with E-state index in [1.165, 1.54) is 11.3 Å². The Morgan fingerprint density at radius 3 is 3.05 bits per heavy atom. The van der Waals surface area contributed by atoms with Crippen LogP contribution in [0, 0.1) is 6.92 Å². The van der Waals surface area contributed by atoms with Crippen molar-refractivity contribution in [2.24, 2.45) is 7.05 Å². The number of aryl methyl sites for hydroxylation is 1. The number of hydrogen-bond donors (Lipinski definition) is 1. The van der Waals surface area contributed by atoms with Crippen molar-refractivity contribution < 1.29 is 4.74 Å². The van der Waals surface area contributed by atoms with E-state index in [1.807, 2.05) is 24.0 Å². The van der Waals surface area contributed by atoms with E-state index in [1.54, 1.807) is 13.3 Å². The van der Waals surface area contributed by atoms with Crippen LogP contribution in [0.25, 0.3) is 0 Å². The molecule has 1 aliphatic rings. The normalized spacial score (nSPS) is 20.9. The molecular weight excluding hydrogens is 254 g/mol. The second-order valence-corrected chi connectivity index (χ2v) is 5.19. The highest BCUT2D eigenvalue weighted by Gasteiger charge is 2.40. The highest BCUT2D eigenvalue weighted by Crippen LogP contribution is 2.43. The number of anilines is 1. The summed E-state index contributed by atoms with van der Waals surface area (Å²) in [5.41, 5.74) is 2.57. The van der Waals surface area contributed by atoms with E-state index in [0.29, 0.717) is 24.4 Å². The first-order valence-corrected chi connectivity index (χ1v) is 6.75. The van der Waals surface area contributed by atoms with Crippen molar-refractivity contribution in [3.8, 4) is 0 Å². The van der Waals surface area contributed by atoms with Crippen LogP contribution in [-0.4, -0.2) is 32.9 Å². The number of hydrogen-bond acceptors (Lipinski definition) is 5. The van der Waals surface area contributed by atoms with E-state index in [9.17, 15) is 0 Å². The Labute approximate surface area is 118 Å². The van der Waals surface area contributed by atoms with Gasteiger partial charge in [-0.3, -0.25) is 4.68 Å². The molecule has 0 aromatic carbocycles. The standard InChI is InChI=1S/C14H19N5O/c1-9-11(7-16-19(9)2)10-6-12(10)17-13-4-5-15-14(18-13)8-20-3/h4-5,7,10,12H,6,8H2,1-3H3,(H,15,17,18)/t10-,12+/m0/s1. The zero-order valence-corrected chi connectivity index (χ0v) is 12.0. The smallest absolute Gasteiger partial charge is 0.156 e. The lowest BCUT2D eigenvalue weighted by Gasteiger charge is -2.06. The van der Waals surface area contributed by atoms with Crippen molar-refractivity contribution in [1.29, 1.82) is 0 Å². The Kier molecular flexibility index (Phi) is 3.40. The van der Waals surface area contributed by atoms with E-state index in [-0.39, 0.29) is 0 Å². The first kappa shape index (κ1) is 13.1. The monoisotopic (exact) mass is 273 g/mol. The summed E-state index contributed by atoms with van der Waals surface area (Å²) in [7, 11) is 3.62. The summed E-state index contributed by atoms with van der Waals surface area (Å²) < 4.78 is 6.97. The van der Waals surface area contributed by atoms with Gasteiger partial charge < -0.3 is 10.1 Å². The second-order valence-electron chi connectivity index (χ2n) is 5.19. The van der Waals surface area contributed by atoms with Crippen molar-refractivity contribution in [2.45, 2.75) is 31.9 Å². The molecule has 0 unspecified atom stereocenters. The van der Waals surface area contributed by atoms with Crippen molar-refractivity contribution in [1.82, 2.24) is 19.7 Å². The van der Waals surface area contributed by atoms with Gasteiger partial charge in [-0.2, -0.15) is 5.10 Å². The van der Waals surface area contributed by atoms with Gasteiger partial charge >= 0.3 is 0 Å². The minimum absolute atomic E-state index is 0.434. The summed E-state index contributed by atoms with van der Waals surface area (Å²) in [4.78, 5) is 8.59. The van der Waals surface area contributed by atoms with Gasteiger partial charge in [-0.15, -0.1) is 0 Å². The molecule has 1 N–H and O–H groups in total. The Morgan fingerprint density at radius 2 is 2.35 bits per heavy atom. The average molecular weight is 273 g/mol.